The molecular weight excluding hydrogens is 256 g/mol. The van der Waals surface area contributed by atoms with E-state index in [-0.39, 0.29) is 5.97 Å². The highest BCUT2D eigenvalue weighted by Gasteiger charge is 2.04. The van der Waals surface area contributed by atoms with E-state index in [4.69, 9.17) is 4.74 Å². The fraction of sp³-hybridized carbons (Fsp3) is 0.250. The van der Waals surface area contributed by atoms with Crippen molar-refractivity contribution in [1.82, 2.24) is 0 Å². The van der Waals surface area contributed by atoms with Crippen LogP contribution in [0.4, 0.5) is 0 Å². The number of halogens is 1. The van der Waals surface area contributed by atoms with Crippen LogP contribution in [-0.4, -0.2) is 12.6 Å². The molecule has 0 aliphatic carbocycles. The van der Waals surface area contributed by atoms with Crippen molar-refractivity contribution in [3.05, 3.63) is 47.0 Å². The molecule has 0 bridgehead atoms. The largest absolute Gasteiger partial charge is 0.462 e. The molecule has 80 valence electrons. The predicted octanol–water partition coefficient (Wildman–Crippen LogP) is 3.53. The average molecular weight is 269 g/mol. The Kier molecular flexibility index (Phi) is 5.12. The molecule has 1 aromatic rings. The Morgan fingerprint density at radius 1 is 1.33 bits per heavy atom. The van der Waals surface area contributed by atoms with Gasteiger partial charge in [-0.05, 0) is 29.5 Å². The SMILES string of the molecule is C=C(Br)CCCOC(=O)c1ccccc1. The fourth-order valence-electron chi connectivity index (χ4n) is 1.09. The molecule has 0 saturated carbocycles. The van der Waals surface area contributed by atoms with Crippen LogP contribution in [0.3, 0.4) is 0 Å². The number of rotatable bonds is 5. The monoisotopic (exact) mass is 268 g/mol. The number of esters is 1. The van der Waals surface area contributed by atoms with E-state index < -0.39 is 0 Å². The Morgan fingerprint density at radius 2 is 2.00 bits per heavy atom. The van der Waals surface area contributed by atoms with E-state index in [0.29, 0.717) is 12.2 Å². The second-order valence-electron chi connectivity index (χ2n) is 3.12. The highest BCUT2D eigenvalue weighted by Crippen LogP contribution is 2.09. The first-order chi connectivity index (χ1) is 7.20. The van der Waals surface area contributed by atoms with E-state index in [0.717, 1.165) is 17.3 Å². The molecule has 0 heterocycles. The van der Waals surface area contributed by atoms with Crippen LogP contribution in [0.15, 0.2) is 41.4 Å². The lowest BCUT2D eigenvalue weighted by molar-refractivity contribution is 0.0501. The van der Waals surface area contributed by atoms with Gasteiger partial charge < -0.3 is 4.74 Å². The van der Waals surface area contributed by atoms with E-state index in [1.165, 1.54) is 0 Å². The van der Waals surface area contributed by atoms with Gasteiger partial charge in [0.05, 0.1) is 12.2 Å². The van der Waals surface area contributed by atoms with Crippen molar-refractivity contribution >= 4 is 21.9 Å². The summed E-state index contributed by atoms with van der Waals surface area (Å²) in [5.41, 5.74) is 0.593. The lowest BCUT2D eigenvalue weighted by atomic mass is 10.2. The zero-order valence-corrected chi connectivity index (χ0v) is 10.00. The number of carbonyl (C=O) groups is 1. The van der Waals surface area contributed by atoms with E-state index in [2.05, 4.69) is 22.5 Å². The van der Waals surface area contributed by atoms with Gasteiger partial charge in [-0.25, -0.2) is 4.79 Å². The number of carbonyl (C=O) groups excluding carboxylic acids is 1. The normalized spacial score (nSPS) is 9.67. The van der Waals surface area contributed by atoms with Gasteiger partial charge in [0, 0.05) is 0 Å². The van der Waals surface area contributed by atoms with Crippen LogP contribution in [-0.2, 0) is 4.74 Å². The maximum atomic E-state index is 11.4. The molecule has 0 unspecified atom stereocenters. The van der Waals surface area contributed by atoms with Gasteiger partial charge in [0.25, 0.3) is 0 Å². The van der Waals surface area contributed by atoms with E-state index >= 15 is 0 Å². The maximum absolute atomic E-state index is 11.4. The molecule has 0 atom stereocenters. The van der Waals surface area contributed by atoms with Crippen molar-refractivity contribution in [1.29, 1.82) is 0 Å². The zero-order chi connectivity index (χ0) is 11.1. The molecule has 0 saturated heterocycles. The van der Waals surface area contributed by atoms with Crippen LogP contribution in [0.25, 0.3) is 0 Å². The van der Waals surface area contributed by atoms with Crippen LogP contribution in [0.2, 0.25) is 0 Å². The summed E-state index contributed by atoms with van der Waals surface area (Å²) in [7, 11) is 0. The summed E-state index contributed by atoms with van der Waals surface area (Å²) < 4.78 is 6.01. The first-order valence-electron chi connectivity index (χ1n) is 4.75. The first kappa shape index (κ1) is 12.0. The molecule has 0 aliphatic heterocycles. The lowest BCUT2D eigenvalue weighted by Crippen LogP contribution is -2.05. The van der Waals surface area contributed by atoms with Gasteiger partial charge in [0.15, 0.2) is 0 Å². The minimum Gasteiger partial charge on any atom is -0.462 e. The van der Waals surface area contributed by atoms with Gasteiger partial charge in [-0.15, -0.1) is 0 Å². The third kappa shape index (κ3) is 4.79. The summed E-state index contributed by atoms with van der Waals surface area (Å²) in [6.07, 6.45) is 1.62. The molecular formula is C12H13BrO2. The molecule has 0 amide bonds. The summed E-state index contributed by atoms with van der Waals surface area (Å²) in [4.78, 5) is 11.4. The molecule has 0 N–H and O–H groups in total. The van der Waals surface area contributed by atoms with Gasteiger partial charge in [-0.3, -0.25) is 0 Å². The minimum atomic E-state index is -0.268. The number of hydrogen-bond donors (Lipinski definition) is 0. The lowest BCUT2D eigenvalue weighted by Gasteiger charge is -2.03. The number of benzene rings is 1. The Bertz CT molecular complexity index is 333. The van der Waals surface area contributed by atoms with Crippen molar-refractivity contribution in [2.75, 3.05) is 6.61 Å². The van der Waals surface area contributed by atoms with Crippen molar-refractivity contribution in [2.45, 2.75) is 12.8 Å². The summed E-state index contributed by atoms with van der Waals surface area (Å²) in [6, 6.07) is 8.98. The van der Waals surface area contributed by atoms with Gasteiger partial charge >= 0.3 is 5.97 Å². The van der Waals surface area contributed by atoms with Crippen molar-refractivity contribution in [3.63, 3.8) is 0 Å². The second-order valence-corrected chi connectivity index (χ2v) is 4.24. The van der Waals surface area contributed by atoms with E-state index in [1.54, 1.807) is 12.1 Å². The van der Waals surface area contributed by atoms with Gasteiger partial charge in [0.2, 0.25) is 0 Å². The fourth-order valence-corrected chi connectivity index (χ4v) is 1.37. The highest BCUT2D eigenvalue weighted by atomic mass is 79.9. The van der Waals surface area contributed by atoms with Gasteiger partial charge in [-0.2, -0.15) is 0 Å². The zero-order valence-electron chi connectivity index (χ0n) is 8.41. The Morgan fingerprint density at radius 3 is 2.60 bits per heavy atom. The smallest absolute Gasteiger partial charge is 0.338 e. The summed E-state index contributed by atoms with van der Waals surface area (Å²) in [5.74, 6) is -0.268. The van der Waals surface area contributed by atoms with Gasteiger partial charge in [-0.1, -0.05) is 40.7 Å². The number of hydrogen-bond acceptors (Lipinski definition) is 2. The van der Waals surface area contributed by atoms with E-state index in [9.17, 15) is 4.79 Å². The van der Waals surface area contributed by atoms with Crippen LogP contribution in [0.5, 0.6) is 0 Å². The molecule has 1 aromatic carbocycles. The molecule has 2 nitrogen and oxygen atoms in total. The molecule has 0 aliphatic rings. The Labute approximate surface area is 98.1 Å². The van der Waals surface area contributed by atoms with E-state index in [1.807, 2.05) is 18.2 Å². The topological polar surface area (TPSA) is 26.3 Å². The molecule has 0 fully saturated rings. The third-order valence-corrected chi connectivity index (χ3v) is 2.23. The summed E-state index contributed by atoms with van der Waals surface area (Å²) in [6.45, 7) is 4.14. The van der Waals surface area contributed by atoms with Crippen molar-refractivity contribution in [3.8, 4) is 0 Å². The highest BCUT2D eigenvalue weighted by molar-refractivity contribution is 9.11. The minimum absolute atomic E-state index is 0.268. The molecule has 1 rings (SSSR count). The van der Waals surface area contributed by atoms with Crippen LogP contribution in [0, 0.1) is 0 Å². The number of allylic oxidation sites excluding steroid dienone is 1. The first-order valence-corrected chi connectivity index (χ1v) is 5.55. The molecule has 3 heteroatoms. The van der Waals surface area contributed by atoms with Crippen LogP contribution < -0.4 is 0 Å². The van der Waals surface area contributed by atoms with Crippen molar-refractivity contribution < 1.29 is 9.53 Å². The summed E-state index contributed by atoms with van der Waals surface area (Å²) >= 11 is 3.25. The molecule has 0 aromatic heterocycles. The van der Waals surface area contributed by atoms with Crippen molar-refractivity contribution in [2.24, 2.45) is 0 Å². The van der Waals surface area contributed by atoms with Crippen LogP contribution >= 0.6 is 15.9 Å². The van der Waals surface area contributed by atoms with Gasteiger partial charge in [0.1, 0.15) is 0 Å². The predicted molar refractivity (Wildman–Crippen MR) is 64.0 cm³/mol. The number of ether oxygens (including phenoxy) is 1. The summed E-state index contributed by atoms with van der Waals surface area (Å²) in [5, 5.41) is 0. The third-order valence-electron chi connectivity index (χ3n) is 1.84. The Balaban J connectivity index is 2.28. The standard InChI is InChI=1S/C12H13BrO2/c1-10(13)6-5-9-15-12(14)11-7-3-2-4-8-11/h2-4,7-8H,1,5-6,9H2. The molecule has 0 spiro atoms. The quantitative estimate of drug-likeness (QED) is 0.603. The second kappa shape index (κ2) is 6.40. The van der Waals surface area contributed by atoms with Crippen LogP contribution in [0.1, 0.15) is 23.2 Å². The maximum Gasteiger partial charge on any atom is 0.338 e. The molecule has 0 radical (unpaired) electrons. The Hall–Kier alpha value is -1.09. The molecule has 15 heavy (non-hydrogen) atoms. The average Bonchev–Trinajstić information content (AvgIpc) is 2.25.